The first kappa shape index (κ1) is 20.4. The van der Waals surface area contributed by atoms with Crippen LogP contribution in [0.25, 0.3) is 0 Å². The van der Waals surface area contributed by atoms with Crippen molar-refractivity contribution < 1.29 is 17.9 Å². The van der Waals surface area contributed by atoms with Crippen LogP contribution in [0.1, 0.15) is 25.3 Å². The van der Waals surface area contributed by atoms with Gasteiger partial charge in [-0.25, -0.2) is 8.42 Å². The molecule has 2 rings (SSSR count). The van der Waals surface area contributed by atoms with Gasteiger partial charge in [0, 0.05) is 19.6 Å². The van der Waals surface area contributed by atoms with Crippen LogP contribution in [-0.2, 0) is 16.3 Å². The number of hydrogen-bond donors (Lipinski definition) is 2. The maximum absolute atomic E-state index is 11.5. The van der Waals surface area contributed by atoms with Crippen LogP contribution in [0.3, 0.4) is 0 Å². The lowest BCUT2D eigenvalue weighted by atomic mass is 10.1. The molecule has 2 N–H and O–H groups in total. The maximum atomic E-state index is 11.5. The molecular formula is C18H29N3O4S. The highest BCUT2D eigenvalue weighted by Gasteiger charge is 2.28. The lowest BCUT2D eigenvalue weighted by molar-refractivity contribution is 0.310. The molecular weight excluding hydrogens is 354 g/mol. The summed E-state index contributed by atoms with van der Waals surface area (Å²) in [4.78, 5) is 4.17. The van der Waals surface area contributed by atoms with E-state index in [0.717, 1.165) is 30.9 Å². The third-order valence-electron chi connectivity index (χ3n) is 4.26. The van der Waals surface area contributed by atoms with Crippen LogP contribution in [0.2, 0.25) is 0 Å². The number of aryl methyl sites for hydroxylation is 1. The van der Waals surface area contributed by atoms with Gasteiger partial charge >= 0.3 is 0 Å². The molecule has 1 heterocycles. The number of aliphatic imine (C=N–C) groups is 1. The zero-order valence-electron chi connectivity index (χ0n) is 15.7. The Kier molecular flexibility index (Phi) is 7.56. The van der Waals surface area contributed by atoms with Crippen LogP contribution in [0, 0.1) is 0 Å². The molecule has 1 fully saturated rings. The topological polar surface area (TPSA) is 89.0 Å². The number of nitrogens with zero attached hydrogens (tertiary/aromatic N) is 1. The van der Waals surface area contributed by atoms with Crippen molar-refractivity contribution in [3.63, 3.8) is 0 Å². The van der Waals surface area contributed by atoms with Crippen LogP contribution in [0.4, 0.5) is 0 Å². The van der Waals surface area contributed by atoms with Gasteiger partial charge in [-0.3, -0.25) is 4.99 Å². The average molecular weight is 384 g/mol. The third-order valence-corrected chi connectivity index (χ3v) is 6.03. The Labute approximate surface area is 156 Å². The molecule has 0 saturated carbocycles. The summed E-state index contributed by atoms with van der Waals surface area (Å²) in [5, 5.41) is 6.43. The summed E-state index contributed by atoms with van der Waals surface area (Å²) in [6.45, 7) is 3.29. The Hall–Kier alpha value is -1.96. The van der Waals surface area contributed by atoms with Gasteiger partial charge in [-0.15, -0.1) is 0 Å². The first-order chi connectivity index (χ1) is 12.5. The van der Waals surface area contributed by atoms with E-state index in [9.17, 15) is 8.42 Å². The monoisotopic (exact) mass is 383 g/mol. The molecule has 26 heavy (non-hydrogen) atoms. The van der Waals surface area contributed by atoms with Crippen molar-refractivity contribution >= 4 is 15.8 Å². The highest BCUT2D eigenvalue weighted by molar-refractivity contribution is 7.91. The van der Waals surface area contributed by atoms with Crippen LogP contribution in [0.15, 0.2) is 23.2 Å². The molecule has 1 atom stereocenters. The SMILES string of the molecule is CCOc1cc(CCCNC(=NC)NC2CCS(=O)(=O)C2)ccc1OC. The van der Waals surface area contributed by atoms with Crippen molar-refractivity contribution in [2.24, 2.45) is 4.99 Å². The van der Waals surface area contributed by atoms with Crippen molar-refractivity contribution in [1.29, 1.82) is 0 Å². The predicted octanol–water partition coefficient (Wildman–Crippen LogP) is 1.38. The zero-order valence-corrected chi connectivity index (χ0v) is 16.6. The minimum Gasteiger partial charge on any atom is -0.493 e. The Bertz CT molecular complexity index is 719. The molecule has 0 spiro atoms. The number of rotatable bonds is 8. The highest BCUT2D eigenvalue weighted by atomic mass is 32.2. The first-order valence-corrected chi connectivity index (χ1v) is 10.8. The fourth-order valence-electron chi connectivity index (χ4n) is 2.94. The van der Waals surface area contributed by atoms with Gasteiger partial charge in [-0.2, -0.15) is 0 Å². The number of benzene rings is 1. The highest BCUT2D eigenvalue weighted by Crippen LogP contribution is 2.28. The molecule has 1 aliphatic heterocycles. The summed E-state index contributed by atoms with van der Waals surface area (Å²) in [6, 6.07) is 5.92. The minimum absolute atomic E-state index is 0.0541. The summed E-state index contributed by atoms with van der Waals surface area (Å²) in [5.74, 6) is 2.59. The van der Waals surface area contributed by atoms with Gasteiger partial charge < -0.3 is 20.1 Å². The van der Waals surface area contributed by atoms with E-state index in [1.54, 1.807) is 14.2 Å². The van der Waals surface area contributed by atoms with Gasteiger partial charge in [-0.1, -0.05) is 6.07 Å². The Morgan fingerprint density at radius 1 is 1.35 bits per heavy atom. The average Bonchev–Trinajstić information content (AvgIpc) is 2.96. The van der Waals surface area contributed by atoms with Crippen LogP contribution in [-0.4, -0.2) is 59.2 Å². The number of guanidine groups is 1. The molecule has 1 saturated heterocycles. The minimum atomic E-state index is -2.89. The van der Waals surface area contributed by atoms with Gasteiger partial charge in [-0.05, 0) is 43.9 Å². The molecule has 0 bridgehead atoms. The van der Waals surface area contributed by atoms with Crippen molar-refractivity contribution in [3.8, 4) is 11.5 Å². The van der Waals surface area contributed by atoms with Gasteiger partial charge in [0.25, 0.3) is 0 Å². The number of ether oxygens (including phenoxy) is 2. The Morgan fingerprint density at radius 2 is 2.15 bits per heavy atom. The standard InChI is InChI=1S/C18H29N3O4S/c1-4-25-17-12-14(7-8-16(17)24-3)6-5-10-20-18(19-2)21-15-9-11-26(22,23)13-15/h7-8,12,15H,4-6,9-11,13H2,1-3H3,(H2,19,20,21). The molecule has 1 aromatic rings. The smallest absolute Gasteiger partial charge is 0.191 e. The number of nitrogens with one attached hydrogen (secondary N) is 2. The molecule has 1 unspecified atom stereocenters. The van der Waals surface area contributed by atoms with E-state index in [2.05, 4.69) is 15.6 Å². The van der Waals surface area contributed by atoms with E-state index in [0.29, 0.717) is 19.0 Å². The van der Waals surface area contributed by atoms with Crippen LogP contribution in [0.5, 0.6) is 11.5 Å². The number of methoxy groups -OCH3 is 1. The van der Waals surface area contributed by atoms with E-state index in [1.807, 2.05) is 25.1 Å². The number of hydrogen-bond acceptors (Lipinski definition) is 5. The zero-order chi connectivity index (χ0) is 19.0. The normalized spacial score (nSPS) is 19.2. The fourth-order valence-corrected chi connectivity index (χ4v) is 4.61. The first-order valence-electron chi connectivity index (χ1n) is 8.94. The lowest BCUT2D eigenvalue weighted by Crippen LogP contribution is -2.44. The molecule has 146 valence electrons. The quantitative estimate of drug-likeness (QED) is 0.400. The molecule has 0 aliphatic carbocycles. The van der Waals surface area contributed by atoms with Gasteiger partial charge in [0.1, 0.15) is 0 Å². The Morgan fingerprint density at radius 3 is 2.77 bits per heavy atom. The molecule has 0 amide bonds. The second kappa shape index (κ2) is 9.66. The second-order valence-electron chi connectivity index (χ2n) is 6.27. The summed E-state index contributed by atoms with van der Waals surface area (Å²) in [7, 11) is 0.433. The largest absolute Gasteiger partial charge is 0.493 e. The van der Waals surface area contributed by atoms with E-state index in [1.165, 1.54) is 5.56 Å². The van der Waals surface area contributed by atoms with Crippen molar-refractivity contribution in [2.75, 3.05) is 38.8 Å². The van der Waals surface area contributed by atoms with E-state index >= 15 is 0 Å². The summed E-state index contributed by atoms with van der Waals surface area (Å²) in [6.07, 6.45) is 2.45. The maximum Gasteiger partial charge on any atom is 0.191 e. The summed E-state index contributed by atoms with van der Waals surface area (Å²) < 4.78 is 34.0. The molecule has 7 nitrogen and oxygen atoms in total. The van der Waals surface area contributed by atoms with E-state index in [-0.39, 0.29) is 17.5 Å². The fraction of sp³-hybridized carbons (Fsp3) is 0.611. The molecule has 1 aromatic carbocycles. The molecule has 0 aromatic heterocycles. The second-order valence-corrected chi connectivity index (χ2v) is 8.49. The van der Waals surface area contributed by atoms with Crippen molar-refractivity contribution in [1.82, 2.24) is 10.6 Å². The van der Waals surface area contributed by atoms with Gasteiger partial charge in [0.15, 0.2) is 27.3 Å². The number of sulfone groups is 1. The van der Waals surface area contributed by atoms with E-state index in [4.69, 9.17) is 9.47 Å². The van der Waals surface area contributed by atoms with Gasteiger partial charge in [0.05, 0.1) is 25.2 Å². The lowest BCUT2D eigenvalue weighted by Gasteiger charge is -2.16. The van der Waals surface area contributed by atoms with Crippen LogP contribution >= 0.6 is 0 Å². The predicted molar refractivity (Wildman–Crippen MR) is 104 cm³/mol. The summed E-state index contributed by atoms with van der Waals surface area (Å²) >= 11 is 0. The molecule has 8 heteroatoms. The van der Waals surface area contributed by atoms with Crippen molar-refractivity contribution in [2.45, 2.75) is 32.2 Å². The summed E-state index contributed by atoms with van der Waals surface area (Å²) in [5.41, 5.74) is 1.18. The van der Waals surface area contributed by atoms with E-state index < -0.39 is 9.84 Å². The Balaban J connectivity index is 1.77. The van der Waals surface area contributed by atoms with Crippen molar-refractivity contribution in [3.05, 3.63) is 23.8 Å². The van der Waals surface area contributed by atoms with Gasteiger partial charge in [0.2, 0.25) is 0 Å². The van der Waals surface area contributed by atoms with Crippen LogP contribution < -0.4 is 20.1 Å². The molecule has 0 radical (unpaired) electrons. The third kappa shape index (κ3) is 6.09. The molecule has 1 aliphatic rings.